The summed E-state index contributed by atoms with van der Waals surface area (Å²) in [5.41, 5.74) is 0.880. The molecule has 0 saturated carbocycles. The van der Waals surface area contributed by atoms with E-state index in [1.165, 1.54) is 6.33 Å². The number of piperidine rings is 1. The Labute approximate surface area is 100 Å². The average molecular weight is 242 g/mol. The number of anilines is 1. The predicted molar refractivity (Wildman–Crippen MR) is 63.8 cm³/mol. The largest absolute Gasteiger partial charge is 0.391 e. The second-order valence-corrected chi connectivity index (χ2v) is 4.75. The first kappa shape index (κ1) is 11.6. The fourth-order valence-electron chi connectivity index (χ4n) is 1.98. The van der Waals surface area contributed by atoms with E-state index < -0.39 is 0 Å². The molecule has 1 fully saturated rings. The zero-order valence-electron chi connectivity index (χ0n) is 9.52. The van der Waals surface area contributed by atoms with Crippen LogP contribution in [0.5, 0.6) is 0 Å². The van der Waals surface area contributed by atoms with Crippen molar-refractivity contribution in [2.75, 3.05) is 18.0 Å². The van der Waals surface area contributed by atoms with Gasteiger partial charge in [-0.2, -0.15) is 0 Å². The fraction of sp³-hybridized carbons (Fsp3) is 0.636. The molecule has 16 heavy (non-hydrogen) atoms. The van der Waals surface area contributed by atoms with Gasteiger partial charge in [0.1, 0.15) is 17.3 Å². The first-order valence-corrected chi connectivity index (χ1v) is 5.87. The zero-order valence-corrected chi connectivity index (χ0v) is 10.3. The van der Waals surface area contributed by atoms with E-state index in [2.05, 4.69) is 21.8 Å². The molecule has 1 aliphatic rings. The molecule has 0 aromatic carbocycles. The van der Waals surface area contributed by atoms with Crippen molar-refractivity contribution >= 4 is 17.4 Å². The van der Waals surface area contributed by atoms with E-state index in [-0.39, 0.29) is 6.10 Å². The van der Waals surface area contributed by atoms with E-state index >= 15 is 0 Å². The third-order valence-electron chi connectivity index (χ3n) is 3.21. The number of aliphatic hydroxyl groups excluding tert-OH is 1. The van der Waals surface area contributed by atoms with Gasteiger partial charge in [-0.25, -0.2) is 9.97 Å². The van der Waals surface area contributed by atoms with Crippen LogP contribution < -0.4 is 4.90 Å². The number of rotatable bonds is 1. The van der Waals surface area contributed by atoms with Crippen LogP contribution in [0.15, 0.2) is 6.33 Å². The summed E-state index contributed by atoms with van der Waals surface area (Å²) in [6.07, 6.45) is 2.15. The van der Waals surface area contributed by atoms with Crippen LogP contribution in [0.25, 0.3) is 0 Å². The summed E-state index contributed by atoms with van der Waals surface area (Å²) in [4.78, 5) is 10.3. The summed E-state index contributed by atoms with van der Waals surface area (Å²) < 4.78 is 0. The maximum absolute atomic E-state index is 9.85. The number of β-amino-alcohol motifs (C(OH)–C–C–N with tert-alkyl or cyclic N) is 1. The molecule has 0 radical (unpaired) electrons. The molecule has 1 aromatic heterocycles. The monoisotopic (exact) mass is 241 g/mol. The molecule has 0 bridgehead atoms. The molecule has 5 heteroatoms. The number of nitrogens with zero attached hydrogens (tertiary/aromatic N) is 3. The van der Waals surface area contributed by atoms with Crippen molar-refractivity contribution < 1.29 is 5.11 Å². The van der Waals surface area contributed by atoms with E-state index in [0.717, 1.165) is 24.3 Å². The van der Waals surface area contributed by atoms with Gasteiger partial charge in [0.2, 0.25) is 0 Å². The van der Waals surface area contributed by atoms with Gasteiger partial charge in [-0.3, -0.25) is 0 Å². The second-order valence-electron chi connectivity index (χ2n) is 4.39. The van der Waals surface area contributed by atoms with Crippen molar-refractivity contribution in [3.63, 3.8) is 0 Å². The van der Waals surface area contributed by atoms with Crippen LogP contribution in [0.2, 0.25) is 5.15 Å². The molecule has 1 aliphatic heterocycles. The molecule has 0 aliphatic carbocycles. The van der Waals surface area contributed by atoms with Gasteiger partial charge in [0.25, 0.3) is 0 Å². The Morgan fingerprint density at radius 1 is 1.50 bits per heavy atom. The lowest BCUT2D eigenvalue weighted by Crippen LogP contribution is -2.43. The minimum Gasteiger partial charge on any atom is -0.391 e. The van der Waals surface area contributed by atoms with Crippen molar-refractivity contribution in [1.29, 1.82) is 0 Å². The van der Waals surface area contributed by atoms with Crippen molar-refractivity contribution in [2.24, 2.45) is 5.92 Å². The van der Waals surface area contributed by atoms with Gasteiger partial charge in [0.15, 0.2) is 0 Å². The predicted octanol–water partition coefficient (Wildman–Crippen LogP) is 1.65. The van der Waals surface area contributed by atoms with Crippen molar-refractivity contribution in [3.05, 3.63) is 17.0 Å². The van der Waals surface area contributed by atoms with E-state index in [1.807, 2.05) is 6.92 Å². The van der Waals surface area contributed by atoms with Crippen LogP contribution in [0.3, 0.4) is 0 Å². The molecule has 0 amide bonds. The van der Waals surface area contributed by atoms with Crippen LogP contribution in [0.4, 0.5) is 5.82 Å². The summed E-state index contributed by atoms with van der Waals surface area (Å²) in [5.74, 6) is 1.19. The summed E-state index contributed by atoms with van der Waals surface area (Å²) in [7, 11) is 0. The van der Waals surface area contributed by atoms with Gasteiger partial charge >= 0.3 is 0 Å². The number of aromatic nitrogens is 2. The Morgan fingerprint density at radius 2 is 2.25 bits per heavy atom. The summed E-state index contributed by atoms with van der Waals surface area (Å²) in [6, 6.07) is 0. The fourth-order valence-corrected chi connectivity index (χ4v) is 2.11. The molecule has 0 spiro atoms. The third-order valence-corrected chi connectivity index (χ3v) is 3.60. The van der Waals surface area contributed by atoms with Crippen LogP contribution >= 0.6 is 11.6 Å². The van der Waals surface area contributed by atoms with Gasteiger partial charge in [-0.05, 0) is 19.3 Å². The molecule has 1 saturated heterocycles. The quantitative estimate of drug-likeness (QED) is 0.760. The SMILES string of the molecule is Cc1c(Cl)ncnc1N1CCC(C)C(O)C1. The Hall–Kier alpha value is -0.870. The van der Waals surface area contributed by atoms with Crippen LogP contribution in [0, 0.1) is 12.8 Å². The molecular weight excluding hydrogens is 226 g/mol. The maximum Gasteiger partial charge on any atom is 0.137 e. The molecule has 4 nitrogen and oxygen atoms in total. The van der Waals surface area contributed by atoms with E-state index in [9.17, 15) is 5.11 Å². The number of aliphatic hydroxyl groups is 1. The highest BCUT2D eigenvalue weighted by Crippen LogP contribution is 2.26. The van der Waals surface area contributed by atoms with E-state index in [4.69, 9.17) is 11.6 Å². The third kappa shape index (κ3) is 2.13. The van der Waals surface area contributed by atoms with Crippen molar-refractivity contribution in [3.8, 4) is 0 Å². The van der Waals surface area contributed by atoms with Crippen LogP contribution in [-0.4, -0.2) is 34.3 Å². The second kappa shape index (κ2) is 4.55. The normalized spacial score (nSPS) is 25.9. The summed E-state index contributed by atoms with van der Waals surface area (Å²) >= 11 is 5.96. The minimum atomic E-state index is -0.290. The lowest BCUT2D eigenvalue weighted by molar-refractivity contribution is 0.102. The Morgan fingerprint density at radius 3 is 2.94 bits per heavy atom. The standard InChI is InChI=1S/C11H16ClN3O/c1-7-3-4-15(5-9(7)16)11-8(2)10(12)13-6-14-11/h6-7,9,16H,3-5H2,1-2H3. The summed E-state index contributed by atoms with van der Waals surface area (Å²) in [6.45, 7) is 5.51. The van der Waals surface area contributed by atoms with Crippen LogP contribution in [-0.2, 0) is 0 Å². The lowest BCUT2D eigenvalue weighted by Gasteiger charge is -2.35. The molecule has 2 rings (SSSR count). The summed E-state index contributed by atoms with van der Waals surface area (Å²) in [5, 5.41) is 10.3. The smallest absolute Gasteiger partial charge is 0.137 e. The number of hydrogen-bond donors (Lipinski definition) is 1. The topological polar surface area (TPSA) is 49.2 Å². The van der Waals surface area contributed by atoms with Crippen molar-refractivity contribution in [1.82, 2.24) is 9.97 Å². The first-order chi connectivity index (χ1) is 7.59. The lowest BCUT2D eigenvalue weighted by atomic mass is 9.96. The van der Waals surface area contributed by atoms with Gasteiger partial charge in [0.05, 0.1) is 6.10 Å². The highest BCUT2D eigenvalue weighted by Gasteiger charge is 2.26. The molecule has 2 heterocycles. The number of hydrogen-bond acceptors (Lipinski definition) is 4. The zero-order chi connectivity index (χ0) is 11.7. The van der Waals surface area contributed by atoms with Crippen molar-refractivity contribution in [2.45, 2.75) is 26.4 Å². The van der Waals surface area contributed by atoms with Gasteiger partial charge in [-0.15, -0.1) is 0 Å². The molecule has 2 unspecified atom stereocenters. The molecule has 1 aromatic rings. The molecule has 88 valence electrons. The van der Waals surface area contributed by atoms with E-state index in [0.29, 0.717) is 17.6 Å². The van der Waals surface area contributed by atoms with Gasteiger partial charge in [-0.1, -0.05) is 18.5 Å². The average Bonchev–Trinajstić information content (AvgIpc) is 2.26. The van der Waals surface area contributed by atoms with Gasteiger partial charge in [0, 0.05) is 18.7 Å². The van der Waals surface area contributed by atoms with E-state index in [1.54, 1.807) is 0 Å². The number of halogens is 1. The molecule has 1 N–H and O–H groups in total. The molecule has 2 atom stereocenters. The minimum absolute atomic E-state index is 0.290. The Bertz CT molecular complexity index is 385. The Kier molecular flexibility index (Phi) is 3.30. The highest BCUT2D eigenvalue weighted by molar-refractivity contribution is 6.30. The highest BCUT2D eigenvalue weighted by atomic mass is 35.5. The Balaban J connectivity index is 2.22. The maximum atomic E-state index is 9.85. The van der Waals surface area contributed by atoms with Crippen LogP contribution in [0.1, 0.15) is 18.9 Å². The van der Waals surface area contributed by atoms with Gasteiger partial charge < -0.3 is 10.0 Å². The molecular formula is C11H16ClN3O. The first-order valence-electron chi connectivity index (χ1n) is 5.49.